The second-order valence-electron chi connectivity index (χ2n) is 5.91. The fourth-order valence-electron chi connectivity index (χ4n) is 2.40. The highest BCUT2D eigenvalue weighted by molar-refractivity contribution is 6.28. The molecule has 0 spiro atoms. The molecule has 0 saturated heterocycles. The number of urea groups is 1. The molecule has 6 nitrogen and oxygen atoms in total. The number of hydrogen-bond acceptors (Lipinski definition) is 4. The number of amides is 2. The van der Waals surface area contributed by atoms with Gasteiger partial charge in [-0.1, -0.05) is 6.07 Å². The molecule has 2 aromatic carbocycles. The van der Waals surface area contributed by atoms with Crippen molar-refractivity contribution in [2.24, 2.45) is 0 Å². The van der Waals surface area contributed by atoms with Gasteiger partial charge in [0.1, 0.15) is 0 Å². The Balaban J connectivity index is 1.55. The SMILES string of the molecule is O=C(Nc1ccc(NCc2ccnc(Cl)n2)cc1)Nc1cccc(C(F)(F)F)c1. The number of nitrogens with zero attached hydrogens (tertiary/aromatic N) is 2. The Morgan fingerprint density at radius 1 is 0.966 bits per heavy atom. The van der Waals surface area contributed by atoms with E-state index in [1.807, 2.05) is 0 Å². The molecule has 0 aliphatic rings. The highest BCUT2D eigenvalue weighted by Crippen LogP contribution is 2.30. The molecule has 2 amide bonds. The maximum atomic E-state index is 12.7. The van der Waals surface area contributed by atoms with Gasteiger partial charge in [0.25, 0.3) is 0 Å². The molecule has 29 heavy (non-hydrogen) atoms. The molecule has 0 aliphatic carbocycles. The molecule has 0 saturated carbocycles. The van der Waals surface area contributed by atoms with Crippen LogP contribution in [0.5, 0.6) is 0 Å². The maximum Gasteiger partial charge on any atom is 0.416 e. The van der Waals surface area contributed by atoms with Crippen LogP contribution in [0.25, 0.3) is 0 Å². The molecule has 3 rings (SSSR count). The number of alkyl halides is 3. The van der Waals surface area contributed by atoms with Gasteiger partial charge in [-0.25, -0.2) is 14.8 Å². The number of nitrogens with one attached hydrogen (secondary N) is 3. The van der Waals surface area contributed by atoms with E-state index in [1.165, 1.54) is 12.1 Å². The zero-order valence-electron chi connectivity index (χ0n) is 14.8. The van der Waals surface area contributed by atoms with Crippen LogP contribution in [0.4, 0.5) is 35.0 Å². The summed E-state index contributed by atoms with van der Waals surface area (Å²) in [5, 5.41) is 8.24. The van der Waals surface area contributed by atoms with Crippen molar-refractivity contribution in [1.29, 1.82) is 0 Å². The lowest BCUT2D eigenvalue weighted by molar-refractivity contribution is -0.137. The first kappa shape index (κ1) is 20.4. The standard InChI is InChI=1S/C19H15ClF3N5O/c20-17-24-9-8-16(26-17)11-25-13-4-6-14(7-5-13)27-18(29)28-15-3-1-2-12(10-15)19(21,22)23/h1-10,25H,11H2,(H2,27,28,29). The second-order valence-corrected chi connectivity index (χ2v) is 6.24. The van der Waals surface area contributed by atoms with Gasteiger partial charge in [-0.15, -0.1) is 0 Å². The maximum absolute atomic E-state index is 12.7. The molecule has 0 unspecified atom stereocenters. The van der Waals surface area contributed by atoms with Crippen LogP contribution in [0, 0.1) is 0 Å². The van der Waals surface area contributed by atoms with E-state index in [0.717, 1.165) is 17.8 Å². The molecule has 10 heteroatoms. The lowest BCUT2D eigenvalue weighted by atomic mass is 10.2. The molecule has 1 heterocycles. The molecule has 1 aromatic heterocycles. The van der Waals surface area contributed by atoms with Crippen molar-refractivity contribution in [1.82, 2.24) is 9.97 Å². The lowest BCUT2D eigenvalue weighted by Gasteiger charge is -2.11. The van der Waals surface area contributed by atoms with Crippen LogP contribution in [0.1, 0.15) is 11.3 Å². The number of halogens is 4. The molecule has 150 valence electrons. The Kier molecular flexibility index (Phi) is 6.18. The minimum Gasteiger partial charge on any atom is -0.379 e. The van der Waals surface area contributed by atoms with Crippen LogP contribution in [-0.2, 0) is 12.7 Å². The zero-order valence-corrected chi connectivity index (χ0v) is 15.6. The Hall–Kier alpha value is -3.33. The van der Waals surface area contributed by atoms with Gasteiger partial charge in [-0.05, 0) is 60.1 Å². The highest BCUT2D eigenvalue weighted by Gasteiger charge is 2.30. The quantitative estimate of drug-likeness (QED) is 0.481. The van der Waals surface area contributed by atoms with E-state index < -0.39 is 17.8 Å². The van der Waals surface area contributed by atoms with Crippen molar-refractivity contribution in [3.05, 3.63) is 77.3 Å². The molecular formula is C19H15ClF3N5O. The third-order valence-electron chi connectivity index (χ3n) is 3.75. The van der Waals surface area contributed by atoms with Gasteiger partial charge in [0.2, 0.25) is 5.28 Å². The number of hydrogen-bond donors (Lipinski definition) is 3. The molecular weight excluding hydrogens is 407 g/mol. The zero-order chi connectivity index (χ0) is 20.9. The fraction of sp³-hybridized carbons (Fsp3) is 0.105. The lowest BCUT2D eigenvalue weighted by Crippen LogP contribution is -2.19. The smallest absolute Gasteiger partial charge is 0.379 e. The molecule has 0 radical (unpaired) electrons. The van der Waals surface area contributed by atoms with E-state index in [-0.39, 0.29) is 11.0 Å². The molecule has 3 N–H and O–H groups in total. The molecule has 0 atom stereocenters. The number of benzene rings is 2. The van der Waals surface area contributed by atoms with Crippen LogP contribution < -0.4 is 16.0 Å². The largest absolute Gasteiger partial charge is 0.416 e. The van der Waals surface area contributed by atoms with E-state index in [9.17, 15) is 18.0 Å². The molecule has 0 bridgehead atoms. The van der Waals surface area contributed by atoms with Gasteiger partial charge >= 0.3 is 12.2 Å². The number of anilines is 3. The van der Waals surface area contributed by atoms with Crippen LogP contribution >= 0.6 is 11.6 Å². The molecule has 0 aliphatic heterocycles. The predicted molar refractivity (Wildman–Crippen MR) is 105 cm³/mol. The Labute approximate surface area is 169 Å². The summed E-state index contributed by atoms with van der Waals surface area (Å²) < 4.78 is 38.2. The Bertz CT molecular complexity index is 996. The Morgan fingerprint density at radius 2 is 1.66 bits per heavy atom. The van der Waals surface area contributed by atoms with E-state index in [2.05, 4.69) is 25.9 Å². The van der Waals surface area contributed by atoms with Crippen LogP contribution in [0.3, 0.4) is 0 Å². The average molecular weight is 422 g/mol. The number of carbonyl (C=O) groups excluding carboxylic acids is 1. The van der Waals surface area contributed by atoms with E-state index >= 15 is 0 Å². The van der Waals surface area contributed by atoms with Crippen molar-refractivity contribution in [3.8, 4) is 0 Å². The summed E-state index contributed by atoms with van der Waals surface area (Å²) in [4.78, 5) is 19.9. The second kappa shape index (κ2) is 8.78. The van der Waals surface area contributed by atoms with E-state index in [1.54, 1.807) is 36.5 Å². The van der Waals surface area contributed by atoms with Crippen LogP contribution in [0.15, 0.2) is 60.8 Å². The first-order valence-electron chi connectivity index (χ1n) is 8.36. The molecule has 0 fully saturated rings. The van der Waals surface area contributed by atoms with Crippen molar-refractivity contribution in [2.45, 2.75) is 12.7 Å². The number of aromatic nitrogens is 2. The summed E-state index contributed by atoms with van der Waals surface area (Å²) in [5.74, 6) is 0. The normalized spacial score (nSPS) is 11.0. The third kappa shape index (κ3) is 6.08. The van der Waals surface area contributed by atoms with Crippen molar-refractivity contribution < 1.29 is 18.0 Å². The fourth-order valence-corrected chi connectivity index (χ4v) is 2.56. The third-order valence-corrected chi connectivity index (χ3v) is 3.93. The predicted octanol–water partition coefficient (Wildman–Crippen LogP) is 5.40. The summed E-state index contributed by atoms with van der Waals surface area (Å²) in [6.45, 7) is 0.436. The molecule has 3 aromatic rings. The van der Waals surface area contributed by atoms with E-state index in [0.29, 0.717) is 17.9 Å². The van der Waals surface area contributed by atoms with Gasteiger partial charge in [0.05, 0.1) is 17.8 Å². The van der Waals surface area contributed by atoms with Gasteiger partial charge in [-0.2, -0.15) is 13.2 Å². The number of carbonyl (C=O) groups is 1. The van der Waals surface area contributed by atoms with Crippen LogP contribution in [-0.4, -0.2) is 16.0 Å². The average Bonchev–Trinajstić information content (AvgIpc) is 2.67. The minimum atomic E-state index is -4.48. The highest BCUT2D eigenvalue weighted by atomic mass is 35.5. The van der Waals surface area contributed by atoms with Crippen LogP contribution in [0.2, 0.25) is 5.28 Å². The summed E-state index contributed by atoms with van der Waals surface area (Å²) >= 11 is 5.73. The summed E-state index contributed by atoms with van der Waals surface area (Å²) in [6, 6.07) is 12.3. The Morgan fingerprint density at radius 3 is 2.34 bits per heavy atom. The van der Waals surface area contributed by atoms with Crippen molar-refractivity contribution >= 4 is 34.7 Å². The monoisotopic (exact) mass is 421 g/mol. The minimum absolute atomic E-state index is 0.0409. The summed E-state index contributed by atoms with van der Waals surface area (Å²) in [7, 11) is 0. The van der Waals surface area contributed by atoms with Crippen molar-refractivity contribution in [2.75, 3.05) is 16.0 Å². The summed E-state index contributed by atoms with van der Waals surface area (Å²) in [5.41, 5.74) is 1.18. The first-order valence-corrected chi connectivity index (χ1v) is 8.74. The summed E-state index contributed by atoms with van der Waals surface area (Å²) in [6.07, 6.45) is -2.92. The topological polar surface area (TPSA) is 78.9 Å². The number of rotatable bonds is 5. The van der Waals surface area contributed by atoms with Crippen molar-refractivity contribution in [3.63, 3.8) is 0 Å². The van der Waals surface area contributed by atoms with Gasteiger partial charge in [-0.3, -0.25) is 0 Å². The van der Waals surface area contributed by atoms with Gasteiger partial charge < -0.3 is 16.0 Å². The van der Waals surface area contributed by atoms with Gasteiger partial charge in [0.15, 0.2) is 0 Å². The van der Waals surface area contributed by atoms with E-state index in [4.69, 9.17) is 11.6 Å². The van der Waals surface area contributed by atoms with Gasteiger partial charge in [0, 0.05) is 23.3 Å². The first-order chi connectivity index (χ1) is 13.8.